The standard InChI is InChI=1S/C23H25ClF3NO5S2/c1-22(2,35(32,33)18-6-4-5-15(11-18)23(25,26)27)13-14-9-17(10-14)28-21(29)19-8-7-16(24)12-20(19)34(3,30)31/h4-8,11-12,14,17H,9-10,13H2,1-3H3,(H,28,29). The molecule has 0 atom stereocenters. The van der Waals surface area contributed by atoms with Crippen molar-refractivity contribution in [2.45, 2.75) is 59.9 Å². The smallest absolute Gasteiger partial charge is 0.349 e. The zero-order chi connectivity index (χ0) is 26.4. The Labute approximate surface area is 207 Å². The first-order valence-electron chi connectivity index (χ1n) is 10.6. The minimum Gasteiger partial charge on any atom is -0.349 e. The number of sulfone groups is 2. The number of rotatable bonds is 7. The number of halogens is 4. The van der Waals surface area contributed by atoms with Gasteiger partial charge in [0, 0.05) is 17.3 Å². The molecule has 1 N–H and O–H groups in total. The fourth-order valence-corrected chi connectivity index (χ4v) is 7.01. The molecule has 35 heavy (non-hydrogen) atoms. The lowest BCUT2D eigenvalue weighted by Gasteiger charge is -2.40. The number of carbonyl (C=O) groups excluding carboxylic acids is 1. The maximum Gasteiger partial charge on any atom is 0.416 e. The Balaban J connectivity index is 1.67. The summed E-state index contributed by atoms with van der Waals surface area (Å²) < 4.78 is 88.0. The maximum absolute atomic E-state index is 13.1. The highest BCUT2D eigenvalue weighted by atomic mass is 35.5. The van der Waals surface area contributed by atoms with Crippen LogP contribution >= 0.6 is 11.6 Å². The van der Waals surface area contributed by atoms with E-state index in [9.17, 15) is 34.8 Å². The molecule has 1 saturated carbocycles. The Bertz CT molecular complexity index is 1350. The molecule has 0 unspecified atom stereocenters. The van der Waals surface area contributed by atoms with Gasteiger partial charge in [-0.3, -0.25) is 4.79 Å². The fourth-order valence-electron chi connectivity index (χ4n) is 4.24. The fraction of sp³-hybridized carbons (Fsp3) is 0.435. The Kier molecular flexibility index (Phi) is 7.38. The van der Waals surface area contributed by atoms with Gasteiger partial charge in [-0.15, -0.1) is 0 Å². The molecule has 1 aliphatic rings. The highest BCUT2D eigenvalue weighted by molar-refractivity contribution is 7.92. The highest BCUT2D eigenvalue weighted by Gasteiger charge is 2.43. The van der Waals surface area contributed by atoms with E-state index in [1.54, 1.807) is 0 Å². The molecule has 192 valence electrons. The van der Waals surface area contributed by atoms with E-state index in [0.29, 0.717) is 18.9 Å². The lowest BCUT2D eigenvalue weighted by Crippen LogP contribution is -2.47. The van der Waals surface area contributed by atoms with Crippen LogP contribution in [0.3, 0.4) is 0 Å². The van der Waals surface area contributed by atoms with Crippen molar-refractivity contribution < 1.29 is 34.8 Å². The van der Waals surface area contributed by atoms with Gasteiger partial charge in [-0.05, 0) is 75.4 Å². The first-order valence-corrected chi connectivity index (χ1v) is 14.4. The van der Waals surface area contributed by atoms with Crippen LogP contribution in [0.5, 0.6) is 0 Å². The van der Waals surface area contributed by atoms with Crippen LogP contribution in [-0.4, -0.2) is 39.8 Å². The number of hydrogen-bond acceptors (Lipinski definition) is 5. The van der Waals surface area contributed by atoms with Gasteiger partial charge in [-0.25, -0.2) is 16.8 Å². The minimum absolute atomic E-state index is 0.0344. The van der Waals surface area contributed by atoms with Gasteiger partial charge in [0.1, 0.15) is 0 Å². The molecule has 1 fully saturated rings. The van der Waals surface area contributed by atoms with Crippen molar-refractivity contribution in [3.05, 3.63) is 58.6 Å². The van der Waals surface area contributed by atoms with Gasteiger partial charge in [0.25, 0.3) is 5.91 Å². The van der Waals surface area contributed by atoms with Crippen molar-refractivity contribution in [1.82, 2.24) is 5.32 Å². The summed E-state index contributed by atoms with van der Waals surface area (Å²) in [6.07, 6.45) is -2.59. The van der Waals surface area contributed by atoms with E-state index in [4.69, 9.17) is 11.6 Å². The van der Waals surface area contributed by atoms with Crippen molar-refractivity contribution in [2.24, 2.45) is 5.92 Å². The molecule has 0 aliphatic heterocycles. The summed E-state index contributed by atoms with van der Waals surface area (Å²) in [5.74, 6) is -0.670. The molecule has 0 spiro atoms. The average Bonchev–Trinajstić information content (AvgIpc) is 2.70. The minimum atomic E-state index is -4.66. The number of nitrogens with one attached hydrogen (secondary N) is 1. The Hall–Kier alpha value is -2.11. The van der Waals surface area contributed by atoms with Crippen LogP contribution in [0.15, 0.2) is 52.3 Å². The summed E-state index contributed by atoms with van der Waals surface area (Å²) in [6, 6.07) is 7.35. The van der Waals surface area contributed by atoms with Crippen molar-refractivity contribution in [3.63, 3.8) is 0 Å². The molecule has 2 aromatic rings. The van der Waals surface area contributed by atoms with Crippen molar-refractivity contribution >= 4 is 37.2 Å². The van der Waals surface area contributed by atoms with Crippen molar-refractivity contribution in [2.75, 3.05) is 6.26 Å². The Morgan fingerprint density at radius 2 is 1.69 bits per heavy atom. The molecule has 12 heteroatoms. The quantitative estimate of drug-likeness (QED) is 0.527. The SMILES string of the molecule is CC(C)(CC1CC(NC(=O)c2ccc(Cl)cc2S(C)(=O)=O)C1)S(=O)(=O)c1cccc(C(F)(F)F)c1. The second kappa shape index (κ2) is 9.40. The van der Waals surface area contributed by atoms with E-state index in [0.717, 1.165) is 24.5 Å². The molecule has 0 saturated heterocycles. The predicted molar refractivity (Wildman–Crippen MR) is 126 cm³/mol. The normalized spacial score (nSPS) is 19.2. The van der Waals surface area contributed by atoms with E-state index in [2.05, 4.69) is 5.32 Å². The third-order valence-electron chi connectivity index (χ3n) is 6.14. The third-order valence-corrected chi connectivity index (χ3v) is 10.0. The largest absolute Gasteiger partial charge is 0.416 e. The molecule has 1 amide bonds. The molecule has 6 nitrogen and oxygen atoms in total. The van der Waals surface area contributed by atoms with Crippen LogP contribution in [0.1, 0.15) is 49.0 Å². The van der Waals surface area contributed by atoms with Gasteiger partial charge >= 0.3 is 6.18 Å². The van der Waals surface area contributed by atoms with E-state index >= 15 is 0 Å². The molecule has 2 aromatic carbocycles. The van der Waals surface area contributed by atoms with Gasteiger partial charge in [-0.1, -0.05) is 17.7 Å². The number of amides is 1. The summed E-state index contributed by atoms with van der Waals surface area (Å²) in [5, 5.41) is 2.93. The summed E-state index contributed by atoms with van der Waals surface area (Å²) in [7, 11) is -7.77. The number of alkyl halides is 3. The monoisotopic (exact) mass is 551 g/mol. The van der Waals surface area contributed by atoms with Gasteiger partial charge in [0.05, 0.1) is 25.7 Å². The van der Waals surface area contributed by atoms with E-state index < -0.39 is 47.0 Å². The van der Waals surface area contributed by atoms with Gasteiger partial charge < -0.3 is 5.32 Å². The highest BCUT2D eigenvalue weighted by Crippen LogP contribution is 2.40. The Morgan fingerprint density at radius 1 is 1.06 bits per heavy atom. The zero-order valence-electron chi connectivity index (χ0n) is 19.2. The van der Waals surface area contributed by atoms with Crippen LogP contribution in [0.4, 0.5) is 13.2 Å². The average molecular weight is 552 g/mol. The Morgan fingerprint density at radius 3 is 2.26 bits per heavy atom. The first kappa shape index (κ1) is 27.5. The number of carbonyl (C=O) groups is 1. The molecule has 3 rings (SSSR count). The summed E-state index contributed by atoms with van der Waals surface area (Å²) in [5.41, 5.74) is -1.07. The van der Waals surface area contributed by atoms with Crippen LogP contribution in [-0.2, 0) is 25.9 Å². The predicted octanol–water partition coefficient (Wildman–Crippen LogP) is 4.91. The number of hydrogen-bond donors (Lipinski definition) is 1. The molecule has 1 aliphatic carbocycles. The molecule has 0 bridgehead atoms. The molecule has 0 aromatic heterocycles. The van der Waals surface area contributed by atoms with E-state index in [1.807, 2.05) is 0 Å². The maximum atomic E-state index is 13.1. The lowest BCUT2D eigenvalue weighted by molar-refractivity contribution is -0.137. The van der Waals surface area contributed by atoms with Gasteiger partial charge in [0.15, 0.2) is 19.7 Å². The van der Waals surface area contributed by atoms with Crippen LogP contribution in [0, 0.1) is 5.92 Å². The first-order chi connectivity index (χ1) is 15.9. The van der Waals surface area contributed by atoms with Crippen LogP contribution in [0.2, 0.25) is 5.02 Å². The van der Waals surface area contributed by atoms with E-state index in [-0.39, 0.29) is 33.9 Å². The van der Waals surface area contributed by atoms with Gasteiger partial charge in [-0.2, -0.15) is 13.2 Å². The molecular weight excluding hydrogens is 527 g/mol. The summed E-state index contributed by atoms with van der Waals surface area (Å²) >= 11 is 5.86. The third kappa shape index (κ3) is 6.00. The second-order valence-corrected chi connectivity index (χ2v) is 14.4. The van der Waals surface area contributed by atoms with Gasteiger partial charge in [0.2, 0.25) is 0 Å². The van der Waals surface area contributed by atoms with Crippen LogP contribution < -0.4 is 5.32 Å². The van der Waals surface area contributed by atoms with E-state index in [1.165, 1.54) is 32.0 Å². The van der Waals surface area contributed by atoms with Crippen molar-refractivity contribution in [1.29, 1.82) is 0 Å². The summed E-state index contributed by atoms with van der Waals surface area (Å²) in [6.45, 7) is 2.95. The molecule has 0 heterocycles. The topological polar surface area (TPSA) is 97.4 Å². The lowest BCUT2D eigenvalue weighted by atomic mass is 9.75. The summed E-state index contributed by atoms with van der Waals surface area (Å²) in [4.78, 5) is 12.1. The molecule has 0 radical (unpaired) electrons. The van der Waals surface area contributed by atoms with Crippen molar-refractivity contribution in [3.8, 4) is 0 Å². The molecular formula is C23H25ClF3NO5S2. The second-order valence-electron chi connectivity index (χ2n) is 9.41. The number of benzene rings is 2. The van der Waals surface area contributed by atoms with Crippen LogP contribution in [0.25, 0.3) is 0 Å². The zero-order valence-corrected chi connectivity index (χ0v) is 21.6.